The Morgan fingerprint density at radius 1 is 1.00 bits per heavy atom. The first-order valence-electron chi connectivity index (χ1n) is 9.93. The highest BCUT2D eigenvalue weighted by molar-refractivity contribution is 5.94. The van der Waals surface area contributed by atoms with Crippen LogP contribution in [0.3, 0.4) is 0 Å². The Morgan fingerprint density at radius 2 is 1.66 bits per heavy atom. The molecule has 1 unspecified atom stereocenters. The third-order valence-electron chi connectivity index (χ3n) is 4.38. The lowest BCUT2D eigenvalue weighted by atomic mass is 10.1. The van der Waals surface area contributed by atoms with Crippen LogP contribution in [0.5, 0.6) is 5.75 Å². The fraction of sp³-hybridized carbons (Fsp3) is 0.333. The van der Waals surface area contributed by atoms with Crippen LogP contribution in [-0.4, -0.2) is 31.0 Å². The van der Waals surface area contributed by atoms with Gasteiger partial charge in [0.1, 0.15) is 5.75 Å². The minimum Gasteiger partial charge on any atom is -0.491 e. The third-order valence-corrected chi connectivity index (χ3v) is 4.38. The number of ether oxygens (including phenoxy) is 1. The van der Waals surface area contributed by atoms with Crippen molar-refractivity contribution < 1.29 is 14.3 Å². The summed E-state index contributed by atoms with van der Waals surface area (Å²) in [4.78, 5) is 23.7. The summed E-state index contributed by atoms with van der Waals surface area (Å²) in [5, 5.41) is 5.56. The van der Waals surface area contributed by atoms with Crippen LogP contribution in [0.25, 0.3) is 6.08 Å². The number of carbonyl (C=O) groups excluding carboxylic acids is 2. The molecule has 0 saturated heterocycles. The Morgan fingerprint density at radius 3 is 2.24 bits per heavy atom. The van der Waals surface area contributed by atoms with E-state index in [1.54, 1.807) is 25.3 Å². The average molecular weight is 395 g/mol. The topological polar surface area (TPSA) is 67.4 Å². The number of hydrogen-bond donors (Lipinski definition) is 2. The van der Waals surface area contributed by atoms with Crippen molar-refractivity contribution in [2.45, 2.75) is 45.8 Å². The summed E-state index contributed by atoms with van der Waals surface area (Å²) in [7, 11) is 1.60. The maximum absolute atomic E-state index is 12.1. The predicted octanol–water partition coefficient (Wildman–Crippen LogP) is 3.98. The molecular weight excluding hydrogens is 364 g/mol. The van der Waals surface area contributed by atoms with E-state index in [2.05, 4.69) is 22.8 Å². The van der Waals surface area contributed by atoms with E-state index in [9.17, 15) is 9.59 Å². The largest absolute Gasteiger partial charge is 0.491 e. The van der Waals surface area contributed by atoms with Crippen molar-refractivity contribution in [3.05, 3.63) is 71.3 Å². The highest BCUT2D eigenvalue weighted by Crippen LogP contribution is 2.15. The number of nitrogens with one attached hydrogen (secondary N) is 2. The van der Waals surface area contributed by atoms with Gasteiger partial charge in [-0.2, -0.15) is 0 Å². The lowest BCUT2D eigenvalue weighted by Crippen LogP contribution is -2.31. The maximum Gasteiger partial charge on any atom is 0.251 e. The molecule has 2 aromatic rings. The summed E-state index contributed by atoms with van der Waals surface area (Å²) in [6, 6.07) is 15.2. The quantitative estimate of drug-likeness (QED) is 0.632. The zero-order chi connectivity index (χ0) is 21.2. The Labute approximate surface area is 173 Å². The summed E-state index contributed by atoms with van der Waals surface area (Å²) >= 11 is 0. The van der Waals surface area contributed by atoms with Crippen LogP contribution in [0.1, 0.15) is 48.7 Å². The summed E-state index contributed by atoms with van der Waals surface area (Å²) < 4.78 is 5.65. The minimum atomic E-state index is -0.131. The zero-order valence-corrected chi connectivity index (χ0v) is 17.6. The van der Waals surface area contributed by atoms with Crippen molar-refractivity contribution in [2.24, 2.45) is 0 Å². The second kappa shape index (κ2) is 11.1. The molecule has 0 saturated carbocycles. The van der Waals surface area contributed by atoms with Gasteiger partial charge in [-0.05, 0) is 75.1 Å². The van der Waals surface area contributed by atoms with E-state index in [-0.39, 0.29) is 24.0 Å². The van der Waals surface area contributed by atoms with Gasteiger partial charge in [-0.25, -0.2) is 0 Å². The molecule has 0 bridgehead atoms. The lowest BCUT2D eigenvalue weighted by Gasteiger charge is -2.13. The Bertz CT molecular complexity index is 824. The van der Waals surface area contributed by atoms with Gasteiger partial charge >= 0.3 is 0 Å². The van der Waals surface area contributed by atoms with Crippen LogP contribution in [0.15, 0.2) is 54.6 Å². The molecule has 0 aliphatic rings. The number of benzene rings is 2. The van der Waals surface area contributed by atoms with E-state index in [0.29, 0.717) is 5.56 Å². The Kier molecular flexibility index (Phi) is 8.46. The average Bonchev–Trinajstić information content (AvgIpc) is 2.71. The molecule has 0 heterocycles. The SMILES string of the molecule is CNC(=O)c1ccc(/C=C/C(=O)NC(C)CCc2ccc(OC(C)C)cc2)cc1. The second-order valence-corrected chi connectivity index (χ2v) is 7.29. The van der Waals surface area contributed by atoms with Crippen molar-refractivity contribution in [3.63, 3.8) is 0 Å². The zero-order valence-electron chi connectivity index (χ0n) is 17.6. The van der Waals surface area contributed by atoms with E-state index >= 15 is 0 Å². The highest BCUT2D eigenvalue weighted by atomic mass is 16.5. The first-order chi connectivity index (χ1) is 13.9. The van der Waals surface area contributed by atoms with Gasteiger partial charge in [0, 0.05) is 24.7 Å². The van der Waals surface area contributed by atoms with Gasteiger partial charge in [-0.3, -0.25) is 9.59 Å². The smallest absolute Gasteiger partial charge is 0.251 e. The van der Waals surface area contributed by atoms with E-state index < -0.39 is 0 Å². The van der Waals surface area contributed by atoms with Crippen LogP contribution in [0.2, 0.25) is 0 Å². The molecule has 1 atom stereocenters. The second-order valence-electron chi connectivity index (χ2n) is 7.29. The summed E-state index contributed by atoms with van der Waals surface area (Å²) in [6.07, 6.45) is 5.16. The molecule has 0 spiro atoms. The number of aryl methyl sites for hydroxylation is 1. The molecule has 5 heteroatoms. The van der Waals surface area contributed by atoms with Crippen molar-refractivity contribution in [2.75, 3.05) is 7.05 Å². The predicted molar refractivity (Wildman–Crippen MR) is 117 cm³/mol. The van der Waals surface area contributed by atoms with Gasteiger partial charge in [0.05, 0.1) is 6.10 Å². The van der Waals surface area contributed by atoms with Crippen molar-refractivity contribution in [3.8, 4) is 5.75 Å². The van der Waals surface area contributed by atoms with Crippen molar-refractivity contribution >= 4 is 17.9 Å². The normalized spacial score (nSPS) is 12.0. The number of rotatable bonds is 9. The molecule has 0 aliphatic carbocycles. The van der Waals surface area contributed by atoms with E-state index in [1.165, 1.54) is 11.6 Å². The van der Waals surface area contributed by atoms with Gasteiger partial charge < -0.3 is 15.4 Å². The minimum absolute atomic E-state index is 0.0642. The first kappa shape index (κ1) is 22.2. The molecule has 0 aliphatic heterocycles. The fourth-order valence-electron chi connectivity index (χ4n) is 2.82. The van der Waals surface area contributed by atoms with Crippen LogP contribution in [0, 0.1) is 0 Å². The van der Waals surface area contributed by atoms with Crippen LogP contribution >= 0.6 is 0 Å². The van der Waals surface area contributed by atoms with Crippen LogP contribution in [0.4, 0.5) is 0 Å². The number of amides is 2. The van der Waals surface area contributed by atoms with Crippen LogP contribution in [-0.2, 0) is 11.2 Å². The van der Waals surface area contributed by atoms with Gasteiger partial charge in [0.2, 0.25) is 5.91 Å². The standard InChI is InChI=1S/C24H30N2O3/c1-17(2)29-22-14-9-19(10-15-22)6-5-18(3)26-23(27)16-11-20-7-12-21(13-8-20)24(28)25-4/h7-18H,5-6H2,1-4H3,(H,25,28)(H,26,27)/b16-11+. The molecule has 2 aromatic carbocycles. The molecule has 5 nitrogen and oxygen atoms in total. The van der Waals surface area contributed by atoms with Gasteiger partial charge in [-0.1, -0.05) is 24.3 Å². The van der Waals surface area contributed by atoms with E-state index in [0.717, 1.165) is 24.2 Å². The van der Waals surface area contributed by atoms with Crippen LogP contribution < -0.4 is 15.4 Å². The molecule has 0 radical (unpaired) electrons. The number of carbonyl (C=O) groups is 2. The van der Waals surface area contributed by atoms with E-state index in [4.69, 9.17) is 4.74 Å². The van der Waals surface area contributed by atoms with Gasteiger partial charge in [0.25, 0.3) is 5.91 Å². The molecule has 29 heavy (non-hydrogen) atoms. The summed E-state index contributed by atoms with van der Waals surface area (Å²) in [5.41, 5.74) is 2.67. The summed E-state index contributed by atoms with van der Waals surface area (Å²) in [5.74, 6) is 0.612. The fourth-order valence-corrected chi connectivity index (χ4v) is 2.82. The Balaban J connectivity index is 1.78. The van der Waals surface area contributed by atoms with Gasteiger partial charge in [0.15, 0.2) is 0 Å². The lowest BCUT2D eigenvalue weighted by molar-refractivity contribution is -0.117. The van der Waals surface area contributed by atoms with E-state index in [1.807, 2.05) is 45.0 Å². The highest BCUT2D eigenvalue weighted by Gasteiger charge is 2.06. The molecule has 0 aromatic heterocycles. The monoisotopic (exact) mass is 394 g/mol. The summed E-state index contributed by atoms with van der Waals surface area (Å²) in [6.45, 7) is 6.01. The molecule has 0 fully saturated rings. The Hall–Kier alpha value is -3.08. The molecule has 154 valence electrons. The molecule has 2 rings (SSSR count). The van der Waals surface area contributed by atoms with Crippen molar-refractivity contribution in [1.29, 1.82) is 0 Å². The molecule has 2 amide bonds. The third kappa shape index (κ3) is 7.82. The number of hydrogen-bond acceptors (Lipinski definition) is 3. The molecule has 2 N–H and O–H groups in total. The maximum atomic E-state index is 12.1. The first-order valence-corrected chi connectivity index (χ1v) is 9.93. The van der Waals surface area contributed by atoms with Crippen molar-refractivity contribution in [1.82, 2.24) is 10.6 Å². The van der Waals surface area contributed by atoms with Gasteiger partial charge in [-0.15, -0.1) is 0 Å². The molecular formula is C24H30N2O3.